The van der Waals surface area contributed by atoms with Crippen molar-refractivity contribution in [1.29, 1.82) is 0 Å². The Hall–Kier alpha value is -1.25. The van der Waals surface area contributed by atoms with E-state index in [2.05, 4.69) is 21.2 Å². The van der Waals surface area contributed by atoms with Gasteiger partial charge in [-0.1, -0.05) is 0 Å². The topological polar surface area (TPSA) is 98.3 Å². The van der Waals surface area contributed by atoms with Crippen LogP contribution in [0.3, 0.4) is 0 Å². The molecule has 1 atom stereocenters. The maximum Gasteiger partial charge on any atom is 0.287 e. The van der Waals surface area contributed by atoms with E-state index in [1.807, 2.05) is 0 Å². The highest BCUT2D eigenvalue weighted by molar-refractivity contribution is 9.10. The van der Waals surface area contributed by atoms with Gasteiger partial charge in [0.05, 0.1) is 16.6 Å². The quantitative estimate of drug-likeness (QED) is 0.637. The molecule has 0 aromatic heterocycles. The number of nitrogens with two attached hydrogens (primary N) is 1. The van der Waals surface area contributed by atoms with Crippen molar-refractivity contribution in [2.24, 2.45) is 5.73 Å². The summed E-state index contributed by atoms with van der Waals surface area (Å²) in [4.78, 5) is 21.6. The fourth-order valence-electron chi connectivity index (χ4n) is 1.22. The molecule has 106 valence electrons. The molecular weight excluding hydrogens is 344 g/mol. The van der Waals surface area contributed by atoms with E-state index in [1.165, 1.54) is 0 Å². The van der Waals surface area contributed by atoms with Crippen molar-refractivity contribution in [1.82, 2.24) is 5.32 Å². The molecule has 0 fully saturated rings. The summed E-state index contributed by atoms with van der Waals surface area (Å²) in [6.45, 7) is 1.87. The number of rotatable bonds is 4. The van der Waals surface area contributed by atoms with Gasteiger partial charge >= 0.3 is 0 Å². The van der Waals surface area contributed by atoms with E-state index >= 15 is 0 Å². The lowest BCUT2D eigenvalue weighted by Crippen LogP contribution is -2.35. The van der Waals surface area contributed by atoms with Gasteiger partial charge in [-0.2, -0.15) is 0 Å². The number of nitrogens with one attached hydrogen (secondary N) is 1. The third kappa shape index (κ3) is 4.73. The first kappa shape index (κ1) is 17.8. The van der Waals surface area contributed by atoms with E-state index < -0.39 is 22.3 Å². The molecule has 3 N–H and O–H groups in total. The Bertz CT molecular complexity index is 499. The van der Waals surface area contributed by atoms with Crippen molar-refractivity contribution in [3.8, 4) is 0 Å². The first-order valence-electron chi connectivity index (χ1n) is 5.00. The van der Waals surface area contributed by atoms with Crippen LogP contribution in [-0.4, -0.2) is 23.4 Å². The fraction of sp³-hybridized carbons (Fsp3) is 0.300. The van der Waals surface area contributed by atoms with E-state index in [0.717, 1.165) is 12.1 Å². The monoisotopic (exact) mass is 355 g/mol. The van der Waals surface area contributed by atoms with Crippen LogP contribution in [0.5, 0.6) is 0 Å². The number of amides is 1. The third-order valence-electron chi connectivity index (χ3n) is 2.04. The zero-order valence-corrected chi connectivity index (χ0v) is 12.3. The van der Waals surface area contributed by atoms with Crippen LogP contribution in [0.2, 0.25) is 0 Å². The molecule has 0 saturated heterocycles. The van der Waals surface area contributed by atoms with E-state index in [9.17, 15) is 19.3 Å². The molecule has 6 nitrogen and oxygen atoms in total. The van der Waals surface area contributed by atoms with Crippen molar-refractivity contribution in [3.05, 3.63) is 38.1 Å². The zero-order valence-electron chi connectivity index (χ0n) is 9.85. The van der Waals surface area contributed by atoms with Crippen molar-refractivity contribution >= 4 is 39.9 Å². The van der Waals surface area contributed by atoms with Crippen LogP contribution < -0.4 is 11.1 Å². The van der Waals surface area contributed by atoms with Gasteiger partial charge in [-0.25, -0.2) is 4.39 Å². The number of carbonyl (C=O) groups is 1. The lowest BCUT2D eigenvalue weighted by atomic mass is 10.1. The van der Waals surface area contributed by atoms with Gasteiger partial charge in [-0.05, 0) is 28.9 Å². The van der Waals surface area contributed by atoms with Crippen molar-refractivity contribution < 1.29 is 14.1 Å². The Morgan fingerprint density at radius 1 is 1.63 bits per heavy atom. The summed E-state index contributed by atoms with van der Waals surface area (Å²) in [6, 6.07) is 1.40. The van der Waals surface area contributed by atoms with E-state index in [0.29, 0.717) is 0 Å². The summed E-state index contributed by atoms with van der Waals surface area (Å²) in [7, 11) is 0. The Morgan fingerprint density at radius 3 is 2.68 bits per heavy atom. The van der Waals surface area contributed by atoms with E-state index in [-0.39, 0.29) is 35.0 Å². The summed E-state index contributed by atoms with van der Waals surface area (Å²) in [5.74, 6) is -1.47. The molecule has 1 rings (SSSR count). The minimum absolute atomic E-state index is 0. The standard InChI is InChI=1S/C10H11BrFN3O3.ClH/c1-5(13)4-14-10(16)7-2-6(12)3-8(9(7)11)15(17)18;/h2-3,5H,4,13H2,1H3,(H,14,16);1H/t5-;/m0./s1. The maximum atomic E-state index is 13.2. The van der Waals surface area contributed by atoms with Gasteiger partial charge in [0, 0.05) is 12.6 Å². The van der Waals surface area contributed by atoms with Gasteiger partial charge in [0.15, 0.2) is 0 Å². The second-order valence-corrected chi connectivity index (χ2v) is 4.52. The number of nitro groups is 1. The summed E-state index contributed by atoms with van der Waals surface area (Å²) >= 11 is 2.92. The SMILES string of the molecule is C[C@H](N)CNC(=O)c1cc(F)cc([N+](=O)[O-])c1Br.Cl. The molecule has 0 aliphatic carbocycles. The minimum atomic E-state index is -0.851. The third-order valence-corrected chi connectivity index (χ3v) is 2.88. The molecule has 9 heteroatoms. The van der Waals surface area contributed by atoms with Crippen LogP contribution in [0.4, 0.5) is 10.1 Å². The van der Waals surface area contributed by atoms with Crippen LogP contribution in [0.15, 0.2) is 16.6 Å². The fourth-order valence-corrected chi connectivity index (χ4v) is 1.78. The molecule has 0 spiro atoms. The van der Waals surface area contributed by atoms with Crippen LogP contribution >= 0.6 is 28.3 Å². The maximum absolute atomic E-state index is 13.2. The van der Waals surface area contributed by atoms with Crippen molar-refractivity contribution in [2.75, 3.05) is 6.54 Å². The van der Waals surface area contributed by atoms with Gasteiger partial charge in [0.2, 0.25) is 0 Å². The lowest BCUT2D eigenvalue weighted by Gasteiger charge is -2.09. The Balaban J connectivity index is 0.00000324. The summed E-state index contributed by atoms with van der Waals surface area (Å²) < 4.78 is 13.1. The molecule has 0 aliphatic heterocycles. The van der Waals surface area contributed by atoms with E-state index in [1.54, 1.807) is 6.92 Å². The second-order valence-electron chi connectivity index (χ2n) is 3.73. The first-order valence-corrected chi connectivity index (χ1v) is 5.79. The van der Waals surface area contributed by atoms with Gasteiger partial charge < -0.3 is 11.1 Å². The highest BCUT2D eigenvalue weighted by Gasteiger charge is 2.21. The van der Waals surface area contributed by atoms with Crippen LogP contribution in [0.25, 0.3) is 0 Å². The van der Waals surface area contributed by atoms with Gasteiger partial charge in [0.25, 0.3) is 11.6 Å². The lowest BCUT2D eigenvalue weighted by molar-refractivity contribution is -0.385. The highest BCUT2D eigenvalue weighted by atomic mass is 79.9. The summed E-state index contributed by atoms with van der Waals surface area (Å²) in [6.07, 6.45) is 0. The number of carbonyl (C=O) groups excluding carboxylic acids is 1. The first-order chi connectivity index (χ1) is 8.32. The van der Waals surface area contributed by atoms with Crippen molar-refractivity contribution in [2.45, 2.75) is 13.0 Å². The molecular formula is C10H12BrClFN3O3. The average Bonchev–Trinajstić information content (AvgIpc) is 2.28. The van der Waals surface area contributed by atoms with Crippen LogP contribution in [-0.2, 0) is 0 Å². The molecule has 19 heavy (non-hydrogen) atoms. The Labute approximate surface area is 123 Å². The summed E-state index contributed by atoms with van der Waals surface area (Å²) in [5.41, 5.74) is 4.82. The highest BCUT2D eigenvalue weighted by Crippen LogP contribution is 2.29. The van der Waals surface area contributed by atoms with Crippen molar-refractivity contribution in [3.63, 3.8) is 0 Å². The molecule has 1 aromatic carbocycles. The number of benzene rings is 1. The van der Waals surface area contributed by atoms with Crippen LogP contribution in [0.1, 0.15) is 17.3 Å². The van der Waals surface area contributed by atoms with Crippen LogP contribution in [0, 0.1) is 15.9 Å². The number of hydrogen-bond donors (Lipinski definition) is 2. The molecule has 0 heterocycles. The zero-order chi connectivity index (χ0) is 13.9. The predicted molar refractivity (Wildman–Crippen MR) is 74.0 cm³/mol. The average molecular weight is 357 g/mol. The molecule has 1 aromatic rings. The molecule has 1 amide bonds. The van der Waals surface area contributed by atoms with Gasteiger partial charge in [-0.3, -0.25) is 14.9 Å². The van der Waals surface area contributed by atoms with Gasteiger partial charge in [0.1, 0.15) is 10.3 Å². The van der Waals surface area contributed by atoms with E-state index in [4.69, 9.17) is 5.73 Å². The number of hydrogen-bond acceptors (Lipinski definition) is 4. The Kier molecular flexibility index (Phi) is 6.88. The second kappa shape index (κ2) is 7.37. The number of nitro benzene ring substituents is 1. The minimum Gasteiger partial charge on any atom is -0.350 e. The molecule has 0 radical (unpaired) electrons. The van der Waals surface area contributed by atoms with Gasteiger partial charge in [-0.15, -0.1) is 12.4 Å². The smallest absolute Gasteiger partial charge is 0.287 e. The normalized spacial score (nSPS) is 11.4. The largest absolute Gasteiger partial charge is 0.350 e. The number of nitrogens with zero attached hydrogens (tertiary/aromatic N) is 1. The molecule has 0 aliphatic rings. The Morgan fingerprint density at radius 2 is 2.21 bits per heavy atom. The number of halogens is 3. The predicted octanol–water partition coefficient (Wildman–Crippen LogP) is 2.00. The molecule has 0 unspecified atom stereocenters. The summed E-state index contributed by atoms with van der Waals surface area (Å²) in [5, 5.41) is 13.1. The molecule has 0 saturated carbocycles. The molecule has 0 bridgehead atoms.